The number of carboxylic acid groups (broad SMARTS) is 1. The van der Waals surface area contributed by atoms with E-state index >= 15 is 0 Å². The number of rotatable bonds is 4. The highest BCUT2D eigenvalue weighted by Gasteiger charge is 2.13. The molecule has 0 amide bonds. The molecule has 0 radical (unpaired) electrons. The van der Waals surface area contributed by atoms with Crippen LogP contribution in [0.25, 0.3) is 0 Å². The van der Waals surface area contributed by atoms with Crippen molar-refractivity contribution in [2.24, 2.45) is 0 Å². The lowest BCUT2D eigenvalue weighted by atomic mass is 10.1. The Morgan fingerprint density at radius 1 is 1.19 bits per heavy atom. The van der Waals surface area contributed by atoms with Crippen LogP contribution in [-0.4, -0.2) is 18.1 Å². The Hall–Kier alpha value is -2.49. The summed E-state index contributed by atoms with van der Waals surface area (Å²) >= 11 is 0. The van der Waals surface area contributed by atoms with Crippen LogP contribution in [0.15, 0.2) is 36.4 Å². The lowest BCUT2D eigenvalue weighted by molar-refractivity contribution is 0.0698. The molecule has 2 aromatic carbocycles. The van der Waals surface area contributed by atoms with Crippen LogP contribution in [0, 0.1) is 13.8 Å². The van der Waals surface area contributed by atoms with Gasteiger partial charge in [-0.25, -0.2) is 4.79 Å². The number of aromatic carboxylic acids is 1. The minimum atomic E-state index is -0.999. The van der Waals surface area contributed by atoms with E-state index in [-0.39, 0.29) is 5.56 Å². The van der Waals surface area contributed by atoms with Gasteiger partial charge in [0.2, 0.25) is 0 Å². The van der Waals surface area contributed by atoms with Crippen LogP contribution < -0.4 is 10.6 Å². The zero-order chi connectivity index (χ0) is 15.6. The summed E-state index contributed by atoms with van der Waals surface area (Å²) in [5, 5.41) is 9.22. The highest BCUT2D eigenvalue weighted by Crippen LogP contribution is 2.26. The smallest absolute Gasteiger partial charge is 0.337 e. The fourth-order valence-corrected chi connectivity index (χ4v) is 2.24. The maximum Gasteiger partial charge on any atom is 0.337 e. The van der Waals surface area contributed by atoms with E-state index in [9.17, 15) is 9.90 Å². The van der Waals surface area contributed by atoms with Gasteiger partial charge < -0.3 is 15.7 Å². The molecular weight excluding hydrogens is 264 g/mol. The number of hydrogen-bond acceptors (Lipinski definition) is 3. The molecule has 4 nitrogen and oxygen atoms in total. The van der Waals surface area contributed by atoms with Crippen molar-refractivity contribution in [2.45, 2.75) is 20.4 Å². The number of benzene rings is 2. The number of nitrogen functional groups attached to an aromatic ring is 1. The molecule has 0 aliphatic carbocycles. The molecule has 0 bridgehead atoms. The number of aryl methyl sites for hydroxylation is 2. The van der Waals surface area contributed by atoms with Crippen LogP contribution in [-0.2, 0) is 6.54 Å². The highest BCUT2D eigenvalue weighted by molar-refractivity contribution is 5.95. The highest BCUT2D eigenvalue weighted by atomic mass is 16.4. The first-order valence-corrected chi connectivity index (χ1v) is 6.78. The first-order chi connectivity index (χ1) is 9.88. The minimum Gasteiger partial charge on any atom is -0.478 e. The standard InChI is InChI=1S/C17H20N2O2/c1-11-4-6-13(7-5-11)10-19(3)14-8-12(2)16(18)15(9-14)17(20)21/h4-9H,10,18H2,1-3H3,(H,20,21). The van der Waals surface area contributed by atoms with Crippen molar-refractivity contribution in [1.82, 2.24) is 0 Å². The van der Waals surface area contributed by atoms with Gasteiger partial charge in [0.15, 0.2) is 0 Å². The van der Waals surface area contributed by atoms with Crippen LogP contribution in [0.1, 0.15) is 27.0 Å². The molecule has 0 aliphatic heterocycles. The summed E-state index contributed by atoms with van der Waals surface area (Å²) in [6.07, 6.45) is 0. The Kier molecular flexibility index (Phi) is 4.17. The molecular formula is C17H20N2O2. The van der Waals surface area contributed by atoms with Gasteiger partial charge in [0, 0.05) is 25.0 Å². The zero-order valence-corrected chi connectivity index (χ0v) is 12.6. The van der Waals surface area contributed by atoms with Gasteiger partial charge in [-0.15, -0.1) is 0 Å². The van der Waals surface area contributed by atoms with Gasteiger partial charge in [-0.3, -0.25) is 0 Å². The van der Waals surface area contributed by atoms with Gasteiger partial charge in [-0.1, -0.05) is 29.8 Å². The lowest BCUT2D eigenvalue weighted by Crippen LogP contribution is -2.17. The SMILES string of the molecule is Cc1ccc(CN(C)c2cc(C)c(N)c(C(=O)O)c2)cc1. The van der Waals surface area contributed by atoms with Crippen LogP contribution >= 0.6 is 0 Å². The largest absolute Gasteiger partial charge is 0.478 e. The number of anilines is 2. The summed E-state index contributed by atoms with van der Waals surface area (Å²) in [5.74, 6) is -0.999. The van der Waals surface area contributed by atoms with Crippen molar-refractivity contribution in [2.75, 3.05) is 17.7 Å². The summed E-state index contributed by atoms with van der Waals surface area (Å²) < 4.78 is 0. The predicted octanol–water partition coefficient (Wildman–Crippen LogP) is 3.22. The normalized spacial score (nSPS) is 10.4. The quantitative estimate of drug-likeness (QED) is 0.846. The number of nitrogens with two attached hydrogens (primary N) is 1. The molecule has 0 saturated carbocycles. The molecule has 0 spiro atoms. The van der Waals surface area contributed by atoms with Gasteiger partial charge in [0.25, 0.3) is 0 Å². The Balaban J connectivity index is 2.28. The maximum atomic E-state index is 11.2. The Morgan fingerprint density at radius 2 is 1.81 bits per heavy atom. The van der Waals surface area contributed by atoms with Crippen LogP contribution in [0.3, 0.4) is 0 Å². The Morgan fingerprint density at radius 3 is 2.38 bits per heavy atom. The molecule has 21 heavy (non-hydrogen) atoms. The summed E-state index contributed by atoms with van der Waals surface area (Å²) in [7, 11) is 1.94. The van der Waals surface area contributed by atoms with Gasteiger partial charge >= 0.3 is 5.97 Å². The van der Waals surface area contributed by atoms with E-state index in [0.29, 0.717) is 12.2 Å². The van der Waals surface area contributed by atoms with Crippen LogP contribution in [0.2, 0.25) is 0 Å². The molecule has 2 rings (SSSR count). The van der Waals surface area contributed by atoms with Crippen molar-refractivity contribution in [3.63, 3.8) is 0 Å². The number of nitrogens with zero attached hydrogens (tertiary/aromatic N) is 1. The third-order valence-corrected chi connectivity index (χ3v) is 3.58. The third-order valence-electron chi connectivity index (χ3n) is 3.58. The van der Waals surface area contributed by atoms with Crippen LogP contribution in [0.4, 0.5) is 11.4 Å². The van der Waals surface area contributed by atoms with Crippen molar-refractivity contribution in [1.29, 1.82) is 0 Å². The number of carbonyl (C=O) groups is 1. The van der Waals surface area contributed by atoms with Crippen LogP contribution in [0.5, 0.6) is 0 Å². The monoisotopic (exact) mass is 284 g/mol. The average molecular weight is 284 g/mol. The molecule has 0 aromatic heterocycles. The van der Waals surface area contributed by atoms with E-state index in [1.54, 1.807) is 6.07 Å². The second-order valence-corrected chi connectivity index (χ2v) is 5.37. The minimum absolute atomic E-state index is 0.153. The molecule has 0 atom stereocenters. The topological polar surface area (TPSA) is 66.6 Å². The van der Waals surface area contributed by atoms with E-state index in [2.05, 4.69) is 31.2 Å². The molecule has 110 valence electrons. The first-order valence-electron chi connectivity index (χ1n) is 6.78. The number of carboxylic acids is 1. The molecule has 4 heteroatoms. The van der Waals surface area contributed by atoms with Crippen molar-refractivity contribution >= 4 is 17.3 Å². The van der Waals surface area contributed by atoms with E-state index in [0.717, 1.165) is 11.3 Å². The summed E-state index contributed by atoms with van der Waals surface area (Å²) in [6, 6.07) is 11.8. The molecule has 0 aliphatic rings. The molecule has 0 unspecified atom stereocenters. The maximum absolute atomic E-state index is 11.2. The van der Waals surface area contributed by atoms with Crippen molar-refractivity contribution in [3.05, 3.63) is 58.7 Å². The lowest BCUT2D eigenvalue weighted by Gasteiger charge is -2.21. The van der Waals surface area contributed by atoms with Gasteiger partial charge in [-0.05, 0) is 37.1 Å². The molecule has 0 heterocycles. The summed E-state index contributed by atoms with van der Waals surface area (Å²) in [5.41, 5.74) is 10.3. The average Bonchev–Trinajstić information content (AvgIpc) is 2.43. The fraction of sp³-hybridized carbons (Fsp3) is 0.235. The molecule has 3 N–H and O–H groups in total. The van der Waals surface area contributed by atoms with E-state index in [4.69, 9.17) is 5.73 Å². The first kappa shape index (κ1) is 14.9. The third kappa shape index (κ3) is 3.34. The second kappa shape index (κ2) is 5.87. The molecule has 0 fully saturated rings. The van der Waals surface area contributed by atoms with E-state index in [1.807, 2.05) is 24.9 Å². The van der Waals surface area contributed by atoms with Gasteiger partial charge in [0.05, 0.1) is 5.56 Å². The van der Waals surface area contributed by atoms with Gasteiger partial charge in [-0.2, -0.15) is 0 Å². The summed E-state index contributed by atoms with van der Waals surface area (Å²) in [4.78, 5) is 13.3. The van der Waals surface area contributed by atoms with E-state index in [1.165, 1.54) is 11.1 Å². The molecule has 2 aromatic rings. The number of hydrogen-bond donors (Lipinski definition) is 2. The predicted molar refractivity (Wildman–Crippen MR) is 85.8 cm³/mol. The molecule has 0 saturated heterocycles. The second-order valence-electron chi connectivity index (χ2n) is 5.37. The summed E-state index contributed by atoms with van der Waals surface area (Å²) in [6.45, 7) is 4.59. The van der Waals surface area contributed by atoms with Crippen molar-refractivity contribution in [3.8, 4) is 0 Å². The van der Waals surface area contributed by atoms with Crippen molar-refractivity contribution < 1.29 is 9.90 Å². The zero-order valence-electron chi connectivity index (χ0n) is 12.6. The van der Waals surface area contributed by atoms with E-state index < -0.39 is 5.97 Å². The Labute approximate surface area is 124 Å². The fourth-order valence-electron chi connectivity index (χ4n) is 2.24. The van der Waals surface area contributed by atoms with Gasteiger partial charge in [0.1, 0.15) is 0 Å². The Bertz CT molecular complexity index is 663.